The van der Waals surface area contributed by atoms with Crippen molar-refractivity contribution in [3.05, 3.63) is 22.8 Å². The van der Waals surface area contributed by atoms with Gasteiger partial charge in [0.1, 0.15) is 5.82 Å². The molecule has 0 spiro atoms. The Morgan fingerprint density at radius 2 is 2.25 bits per heavy atom. The van der Waals surface area contributed by atoms with Gasteiger partial charge in [-0.05, 0) is 49.9 Å². The predicted molar refractivity (Wildman–Crippen MR) is 92.1 cm³/mol. The van der Waals surface area contributed by atoms with Gasteiger partial charge in [-0.15, -0.1) is 0 Å². The van der Waals surface area contributed by atoms with Crippen molar-refractivity contribution in [2.45, 2.75) is 39.3 Å². The summed E-state index contributed by atoms with van der Waals surface area (Å²) in [6, 6.07) is 2.46. The lowest BCUT2D eigenvalue weighted by atomic mass is 10.2. The molecule has 1 aromatic heterocycles. The lowest BCUT2D eigenvalue weighted by molar-refractivity contribution is 0.658. The van der Waals surface area contributed by atoms with Gasteiger partial charge in [0.15, 0.2) is 0 Å². The SMILES string of the molecule is CCCNCc1cnc(N(C)C(C)CCSC)c(Cl)c1. The molecule has 1 atom stereocenters. The van der Waals surface area contributed by atoms with Gasteiger partial charge in [0.2, 0.25) is 0 Å². The highest BCUT2D eigenvalue weighted by Gasteiger charge is 2.14. The van der Waals surface area contributed by atoms with Crippen LogP contribution in [0.2, 0.25) is 5.02 Å². The molecule has 0 saturated carbocycles. The van der Waals surface area contributed by atoms with Crippen molar-refractivity contribution >= 4 is 29.2 Å². The Hall–Kier alpha value is -0.450. The summed E-state index contributed by atoms with van der Waals surface area (Å²) in [5, 5.41) is 4.10. The zero-order valence-corrected chi connectivity index (χ0v) is 14.5. The summed E-state index contributed by atoms with van der Waals surface area (Å²) in [7, 11) is 2.06. The minimum absolute atomic E-state index is 0.441. The first-order valence-electron chi connectivity index (χ1n) is 7.17. The molecule has 0 aliphatic heterocycles. The van der Waals surface area contributed by atoms with Gasteiger partial charge in [0.25, 0.3) is 0 Å². The maximum absolute atomic E-state index is 6.38. The number of thioether (sulfide) groups is 1. The second-order valence-electron chi connectivity index (χ2n) is 5.07. The van der Waals surface area contributed by atoms with E-state index in [1.807, 2.05) is 24.0 Å². The van der Waals surface area contributed by atoms with E-state index >= 15 is 0 Å². The van der Waals surface area contributed by atoms with E-state index in [2.05, 4.69) is 42.4 Å². The summed E-state index contributed by atoms with van der Waals surface area (Å²) in [5.74, 6) is 2.03. The van der Waals surface area contributed by atoms with Gasteiger partial charge in [0.05, 0.1) is 5.02 Å². The van der Waals surface area contributed by atoms with Crippen LogP contribution < -0.4 is 10.2 Å². The molecule has 0 fully saturated rings. The quantitative estimate of drug-likeness (QED) is 0.701. The third-order valence-electron chi connectivity index (χ3n) is 3.37. The number of aromatic nitrogens is 1. The van der Waals surface area contributed by atoms with Crippen molar-refractivity contribution in [3.63, 3.8) is 0 Å². The summed E-state index contributed by atoms with van der Waals surface area (Å²) >= 11 is 8.25. The summed E-state index contributed by atoms with van der Waals surface area (Å²) in [6.07, 6.45) is 6.32. The standard InChI is InChI=1S/C15H26ClN3S/c1-5-7-17-10-13-9-14(16)15(18-11-13)19(3)12(2)6-8-20-4/h9,11-12,17H,5-8,10H2,1-4H3. The van der Waals surface area contributed by atoms with Crippen molar-refractivity contribution in [1.82, 2.24) is 10.3 Å². The van der Waals surface area contributed by atoms with Crippen molar-refractivity contribution in [1.29, 1.82) is 0 Å². The summed E-state index contributed by atoms with van der Waals surface area (Å²) in [5.41, 5.74) is 1.14. The van der Waals surface area contributed by atoms with Crippen LogP contribution in [0.1, 0.15) is 32.3 Å². The molecule has 0 aromatic carbocycles. The number of pyridine rings is 1. The molecule has 0 amide bonds. The van der Waals surface area contributed by atoms with Crippen LogP contribution in [0.15, 0.2) is 12.3 Å². The first-order chi connectivity index (χ1) is 9.60. The van der Waals surface area contributed by atoms with E-state index in [0.717, 1.165) is 48.1 Å². The average Bonchev–Trinajstić information content (AvgIpc) is 2.44. The zero-order chi connectivity index (χ0) is 15.0. The number of nitrogens with zero attached hydrogens (tertiary/aromatic N) is 2. The van der Waals surface area contributed by atoms with Crippen LogP contribution in [0.5, 0.6) is 0 Å². The maximum atomic E-state index is 6.38. The van der Waals surface area contributed by atoms with Crippen LogP contribution >= 0.6 is 23.4 Å². The molecule has 3 nitrogen and oxygen atoms in total. The molecule has 5 heteroatoms. The Morgan fingerprint density at radius 1 is 1.50 bits per heavy atom. The molecule has 1 unspecified atom stereocenters. The van der Waals surface area contributed by atoms with Gasteiger partial charge in [-0.1, -0.05) is 18.5 Å². The van der Waals surface area contributed by atoms with Gasteiger partial charge in [-0.25, -0.2) is 4.98 Å². The monoisotopic (exact) mass is 315 g/mol. The number of hydrogen-bond acceptors (Lipinski definition) is 4. The Morgan fingerprint density at radius 3 is 2.85 bits per heavy atom. The lowest BCUT2D eigenvalue weighted by Gasteiger charge is -2.26. The maximum Gasteiger partial charge on any atom is 0.147 e. The molecule has 0 radical (unpaired) electrons. The van der Waals surface area contributed by atoms with Crippen LogP contribution in [-0.2, 0) is 6.54 Å². The fourth-order valence-electron chi connectivity index (χ4n) is 1.93. The normalized spacial score (nSPS) is 12.4. The molecule has 1 N–H and O–H groups in total. The Bertz CT molecular complexity index is 401. The van der Waals surface area contributed by atoms with Gasteiger partial charge in [0, 0.05) is 25.8 Å². The second-order valence-corrected chi connectivity index (χ2v) is 6.46. The summed E-state index contributed by atoms with van der Waals surface area (Å²) in [4.78, 5) is 6.70. The molecule has 0 saturated heterocycles. The van der Waals surface area contributed by atoms with Crippen LogP contribution in [0, 0.1) is 0 Å². The molecule has 0 bridgehead atoms. The topological polar surface area (TPSA) is 28.2 Å². The Kier molecular flexibility index (Phi) is 8.34. The van der Waals surface area contributed by atoms with E-state index in [4.69, 9.17) is 11.6 Å². The molecule has 1 aromatic rings. The van der Waals surface area contributed by atoms with Crippen LogP contribution in [0.4, 0.5) is 5.82 Å². The van der Waals surface area contributed by atoms with E-state index < -0.39 is 0 Å². The van der Waals surface area contributed by atoms with E-state index in [9.17, 15) is 0 Å². The first kappa shape index (κ1) is 17.6. The van der Waals surface area contributed by atoms with Crippen molar-refractivity contribution < 1.29 is 0 Å². The van der Waals surface area contributed by atoms with Gasteiger partial charge in [-0.2, -0.15) is 11.8 Å². The molecular weight excluding hydrogens is 290 g/mol. The fraction of sp³-hybridized carbons (Fsp3) is 0.667. The molecular formula is C15H26ClN3S. The average molecular weight is 316 g/mol. The number of halogens is 1. The largest absolute Gasteiger partial charge is 0.356 e. The number of rotatable bonds is 9. The third kappa shape index (κ3) is 5.51. The van der Waals surface area contributed by atoms with Gasteiger partial charge >= 0.3 is 0 Å². The van der Waals surface area contributed by atoms with E-state index in [0.29, 0.717) is 6.04 Å². The molecule has 1 rings (SSSR count). The van der Waals surface area contributed by atoms with Crippen molar-refractivity contribution in [2.75, 3.05) is 30.5 Å². The van der Waals surface area contributed by atoms with Crippen LogP contribution in [0.3, 0.4) is 0 Å². The van der Waals surface area contributed by atoms with E-state index in [1.165, 1.54) is 0 Å². The number of anilines is 1. The predicted octanol–water partition coefficient (Wildman–Crippen LogP) is 3.81. The molecule has 20 heavy (non-hydrogen) atoms. The van der Waals surface area contributed by atoms with Crippen LogP contribution in [-0.4, -0.2) is 36.6 Å². The van der Waals surface area contributed by atoms with Gasteiger partial charge in [-0.3, -0.25) is 0 Å². The van der Waals surface area contributed by atoms with Crippen molar-refractivity contribution in [2.24, 2.45) is 0 Å². The minimum atomic E-state index is 0.441. The minimum Gasteiger partial charge on any atom is -0.356 e. The molecule has 114 valence electrons. The highest BCUT2D eigenvalue weighted by atomic mass is 35.5. The number of hydrogen-bond donors (Lipinski definition) is 1. The zero-order valence-electron chi connectivity index (χ0n) is 12.9. The fourth-order valence-corrected chi connectivity index (χ4v) is 2.83. The van der Waals surface area contributed by atoms with E-state index in [-0.39, 0.29) is 0 Å². The summed E-state index contributed by atoms with van der Waals surface area (Å²) < 4.78 is 0. The lowest BCUT2D eigenvalue weighted by Crippen LogP contribution is -2.30. The third-order valence-corrected chi connectivity index (χ3v) is 4.29. The summed E-state index contributed by atoms with van der Waals surface area (Å²) in [6.45, 7) is 6.22. The highest BCUT2D eigenvalue weighted by Crippen LogP contribution is 2.25. The Balaban J connectivity index is 2.66. The molecule has 0 aliphatic carbocycles. The Labute approximate surface area is 132 Å². The molecule has 1 heterocycles. The highest BCUT2D eigenvalue weighted by molar-refractivity contribution is 7.98. The second kappa shape index (κ2) is 9.48. The van der Waals surface area contributed by atoms with Gasteiger partial charge < -0.3 is 10.2 Å². The van der Waals surface area contributed by atoms with Crippen molar-refractivity contribution in [3.8, 4) is 0 Å². The van der Waals surface area contributed by atoms with E-state index in [1.54, 1.807) is 0 Å². The molecule has 0 aliphatic rings. The first-order valence-corrected chi connectivity index (χ1v) is 8.94. The smallest absolute Gasteiger partial charge is 0.147 e. The number of nitrogens with one attached hydrogen (secondary N) is 1. The van der Waals surface area contributed by atoms with Crippen LogP contribution in [0.25, 0.3) is 0 Å².